The number of aryl methyl sites for hydroxylation is 1. The van der Waals surface area contributed by atoms with E-state index in [4.69, 9.17) is 10.2 Å². The Hall–Kier alpha value is -3.89. The third kappa shape index (κ3) is 5.03. The van der Waals surface area contributed by atoms with E-state index in [2.05, 4.69) is 31.5 Å². The molecular formula is C24H28N8O2. The minimum Gasteiger partial charge on any atom is -0.414 e. The van der Waals surface area contributed by atoms with Gasteiger partial charge in [0.1, 0.15) is 0 Å². The van der Waals surface area contributed by atoms with Crippen LogP contribution >= 0.6 is 0 Å². The second-order valence-corrected chi connectivity index (χ2v) is 8.33. The first-order valence-corrected chi connectivity index (χ1v) is 10.9. The third-order valence-corrected chi connectivity index (χ3v) is 5.40. The number of benzene rings is 1. The van der Waals surface area contributed by atoms with Crippen LogP contribution in [0.15, 0.2) is 51.9 Å². The van der Waals surface area contributed by atoms with Crippen molar-refractivity contribution < 1.29 is 4.42 Å². The minimum atomic E-state index is -0.0770. The number of nitrogens with one attached hydrogen (secondary N) is 1. The van der Waals surface area contributed by atoms with Crippen molar-refractivity contribution >= 4 is 5.82 Å². The first kappa shape index (κ1) is 23.3. The van der Waals surface area contributed by atoms with Crippen LogP contribution in [-0.4, -0.2) is 57.3 Å². The number of hydrogen-bond acceptors (Lipinski definition) is 9. The quantitative estimate of drug-likeness (QED) is 0.406. The first-order chi connectivity index (χ1) is 16.4. The summed E-state index contributed by atoms with van der Waals surface area (Å²) in [6.45, 7) is 4.08. The average Bonchev–Trinajstić information content (AvgIpc) is 3.29. The third-order valence-electron chi connectivity index (χ3n) is 5.40. The molecule has 176 valence electrons. The largest absolute Gasteiger partial charge is 0.414 e. The summed E-state index contributed by atoms with van der Waals surface area (Å²) in [6, 6.07) is 9.29. The van der Waals surface area contributed by atoms with Crippen LogP contribution in [-0.2, 0) is 13.1 Å². The van der Waals surface area contributed by atoms with E-state index >= 15 is 0 Å². The van der Waals surface area contributed by atoms with Crippen LogP contribution < -0.4 is 16.6 Å². The maximum absolute atomic E-state index is 12.2. The molecule has 34 heavy (non-hydrogen) atoms. The van der Waals surface area contributed by atoms with Gasteiger partial charge >= 0.3 is 0 Å². The predicted molar refractivity (Wildman–Crippen MR) is 131 cm³/mol. The minimum absolute atomic E-state index is 0.0770. The molecule has 0 bridgehead atoms. The molecule has 3 heterocycles. The summed E-state index contributed by atoms with van der Waals surface area (Å²) in [5.41, 5.74) is 10.6. The molecule has 0 saturated heterocycles. The number of likely N-dealkylation sites (N-methyl/N-ethyl adjacent to an activating group) is 1. The molecule has 0 fully saturated rings. The Morgan fingerprint density at radius 1 is 1.15 bits per heavy atom. The lowest BCUT2D eigenvalue weighted by atomic mass is 10.1. The van der Waals surface area contributed by atoms with Crippen molar-refractivity contribution in [2.45, 2.75) is 20.0 Å². The van der Waals surface area contributed by atoms with Gasteiger partial charge in [-0.05, 0) is 51.3 Å². The molecule has 10 heteroatoms. The van der Waals surface area contributed by atoms with E-state index in [1.807, 2.05) is 45.1 Å². The number of rotatable bonds is 8. The lowest BCUT2D eigenvalue weighted by Gasteiger charge is -2.12. The number of nitrogens with zero attached hydrogens (tertiary/aromatic N) is 6. The van der Waals surface area contributed by atoms with Crippen LogP contribution in [0.4, 0.5) is 5.82 Å². The van der Waals surface area contributed by atoms with Crippen LogP contribution in [0.1, 0.15) is 11.1 Å². The molecule has 10 nitrogen and oxygen atoms in total. The number of aromatic nitrogens is 5. The molecule has 1 aromatic carbocycles. The molecule has 0 aliphatic heterocycles. The van der Waals surface area contributed by atoms with Gasteiger partial charge < -0.3 is 24.9 Å². The summed E-state index contributed by atoms with van der Waals surface area (Å²) in [4.78, 5) is 23.2. The number of pyridine rings is 1. The summed E-state index contributed by atoms with van der Waals surface area (Å²) in [6.07, 6.45) is 3.34. The van der Waals surface area contributed by atoms with Crippen molar-refractivity contribution in [3.05, 3.63) is 64.2 Å². The zero-order chi connectivity index (χ0) is 24.2. The fraction of sp³-hybridized carbons (Fsp3) is 0.292. The van der Waals surface area contributed by atoms with E-state index in [-0.39, 0.29) is 17.3 Å². The van der Waals surface area contributed by atoms with E-state index in [1.54, 1.807) is 23.0 Å². The molecule has 0 saturated carbocycles. The molecule has 0 unspecified atom stereocenters. The molecular weight excluding hydrogens is 432 g/mol. The Balaban J connectivity index is 1.66. The van der Waals surface area contributed by atoms with E-state index in [1.165, 1.54) is 11.6 Å². The van der Waals surface area contributed by atoms with Gasteiger partial charge in [0.05, 0.1) is 11.9 Å². The van der Waals surface area contributed by atoms with Gasteiger partial charge in [-0.2, -0.15) is 0 Å². The zero-order valence-corrected chi connectivity index (χ0v) is 19.7. The summed E-state index contributed by atoms with van der Waals surface area (Å²) in [5, 5.41) is 11.5. The highest BCUT2D eigenvalue weighted by Gasteiger charge is 2.18. The second-order valence-electron chi connectivity index (χ2n) is 8.33. The smallest absolute Gasteiger partial charge is 0.270 e. The number of anilines is 1. The fourth-order valence-electron chi connectivity index (χ4n) is 3.57. The van der Waals surface area contributed by atoms with Crippen LogP contribution in [0.3, 0.4) is 0 Å². The topological polar surface area (TPSA) is 128 Å². The Bertz CT molecular complexity index is 1360. The standard InChI is InChI=1S/C24H28N8O2/c1-15-11-16(12-26-2)5-7-18(15)23-29-30-24(34-23)21-22(25)27-13-19(28-21)17-6-8-20(33)32(14-17)10-9-31(3)4/h5-8,11,13-14,26H,9-10,12H2,1-4H3,(H2,25,27). The summed E-state index contributed by atoms with van der Waals surface area (Å²) >= 11 is 0. The van der Waals surface area contributed by atoms with E-state index < -0.39 is 0 Å². The van der Waals surface area contributed by atoms with Crippen molar-refractivity contribution in [2.75, 3.05) is 33.4 Å². The Morgan fingerprint density at radius 2 is 1.94 bits per heavy atom. The second kappa shape index (κ2) is 9.94. The van der Waals surface area contributed by atoms with Gasteiger partial charge in [0.25, 0.3) is 11.4 Å². The summed E-state index contributed by atoms with van der Waals surface area (Å²) in [7, 11) is 5.83. The van der Waals surface area contributed by atoms with Gasteiger partial charge in [-0.15, -0.1) is 10.2 Å². The maximum atomic E-state index is 12.2. The summed E-state index contributed by atoms with van der Waals surface area (Å²) in [5.74, 6) is 0.745. The SMILES string of the molecule is CNCc1ccc(-c2nnc(-c3nc(-c4ccc(=O)n(CCN(C)C)c4)cnc3N)o2)c(C)c1. The molecule has 0 aliphatic rings. The van der Waals surface area contributed by atoms with Gasteiger partial charge in [0.15, 0.2) is 11.5 Å². The lowest BCUT2D eigenvalue weighted by molar-refractivity contribution is 0.381. The molecule has 0 aliphatic carbocycles. The highest BCUT2D eigenvalue weighted by Crippen LogP contribution is 2.29. The van der Waals surface area contributed by atoms with Crippen molar-refractivity contribution in [1.29, 1.82) is 0 Å². The van der Waals surface area contributed by atoms with E-state index in [0.29, 0.717) is 23.8 Å². The highest BCUT2D eigenvalue weighted by molar-refractivity contribution is 5.69. The monoisotopic (exact) mass is 460 g/mol. The van der Waals surface area contributed by atoms with Crippen LogP contribution in [0, 0.1) is 6.92 Å². The molecule has 0 amide bonds. The first-order valence-electron chi connectivity index (χ1n) is 10.9. The average molecular weight is 461 g/mol. The Morgan fingerprint density at radius 3 is 2.68 bits per heavy atom. The van der Waals surface area contributed by atoms with E-state index in [0.717, 1.165) is 29.8 Å². The molecule has 0 atom stereocenters. The van der Waals surface area contributed by atoms with Crippen molar-refractivity contribution in [3.8, 4) is 34.3 Å². The zero-order valence-electron chi connectivity index (χ0n) is 19.7. The predicted octanol–water partition coefficient (Wildman–Crippen LogP) is 2.19. The van der Waals surface area contributed by atoms with Gasteiger partial charge in [0.2, 0.25) is 5.89 Å². The van der Waals surface area contributed by atoms with E-state index in [9.17, 15) is 4.79 Å². The van der Waals surface area contributed by atoms with Gasteiger partial charge in [0, 0.05) is 43.0 Å². The molecule has 3 aromatic heterocycles. The van der Waals surface area contributed by atoms with Crippen LogP contribution in [0.2, 0.25) is 0 Å². The number of nitrogens with two attached hydrogens (primary N) is 1. The normalized spacial score (nSPS) is 11.3. The molecule has 4 rings (SSSR count). The molecule has 0 radical (unpaired) electrons. The number of nitrogen functional groups attached to an aromatic ring is 1. The Labute approximate surface area is 197 Å². The van der Waals surface area contributed by atoms with Crippen molar-refractivity contribution in [2.24, 2.45) is 0 Å². The van der Waals surface area contributed by atoms with Crippen LogP contribution in [0.5, 0.6) is 0 Å². The van der Waals surface area contributed by atoms with Crippen LogP contribution in [0.25, 0.3) is 34.3 Å². The molecule has 3 N–H and O–H groups in total. The molecule has 0 spiro atoms. The number of hydrogen-bond donors (Lipinski definition) is 2. The van der Waals surface area contributed by atoms with Crippen molar-refractivity contribution in [3.63, 3.8) is 0 Å². The van der Waals surface area contributed by atoms with Crippen molar-refractivity contribution in [1.82, 2.24) is 34.9 Å². The fourth-order valence-corrected chi connectivity index (χ4v) is 3.57. The lowest BCUT2D eigenvalue weighted by Crippen LogP contribution is -2.25. The van der Waals surface area contributed by atoms with Gasteiger partial charge in [-0.25, -0.2) is 9.97 Å². The Kier molecular flexibility index (Phi) is 6.80. The van der Waals surface area contributed by atoms with Gasteiger partial charge in [-0.1, -0.05) is 12.1 Å². The maximum Gasteiger partial charge on any atom is 0.270 e. The summed E-state index contributed by atoms with van der Waals surface area (Å²) < 4.78 is 7.59. The highest BCUT2D eigenvalue weighted by atomic mass is 16.4. The molecule has 4 aromatic rings. The van der Waals surface area contributed by atoms with Gasteiger partial charge in [-0.3, -0.25) is 4.79 Å².